The van der Waals surface area contributed by atoms with Crippen LogP contribution in [0.25, 0.3) is 10.9 Å². The van der Waals surface area contributed by atoms with Crippen LogP contribution in [0.1, 0.15) is 18.1 Å². The van der Waals surface area contributed by atoms with E-state index in [9.17, 15) is 14.4 Å². The molecule has 0 radical (unpaired) electrons. The number of amides is 1. The zero-order valence-corrected chi connectivity index (χ0v) is 18.2. The standard InChI is InChI=1S/C22H21ClN4O4/c1-11-5-6-19(31-4)18(7-11)25-22(30)21(13(3)28)27-26-17-10-16-14(9-15(17)23)12(2)8-20(29)24-16/h5-10,26H,1-4H3,(H,24,29)(H,25,30)/b27-21+. The number of methoxy groups -OCH3 is 1. The molecular weight excluding hydrogens is 420 g/mol. The first-order chi connectivity index (χ1) is 14.7. The van der Waals surface area contributed by atoms with Gasteiger partial charge >= 0.3 is 0 Å². The van der Waals surface area contributed by atoms with Gasteiger partial charge in [-0.25, -0.2) is 0 Å². The van der Waals surface area contributed by atoms with Crippen molar-refractivity contribution >= 4 is 51.3 Å². The number of aromatic nitrogens is 1. The summed E-state index contributed by atoms with van der Waals surface area (Å²) in [5, 5.41) is 7.70. The van der Waals surface area contributed by atoms with Crippen molar-refractivity contribution < 1.29 is 14.3 Å². The number of nitrogens with one attached hydrogen (secondary N) is 3. The van der Waals surface area contributed by atoms with Gasteiger partial charge < -0.3 is 15.0 Å². The Kier molecular flexibility index (Phi) is 6.41. The molecule has 3 aromatic rings. The van der Waals surface area contributed by atoms with E-state index in [-0.39, 0.29) is 11.3 Å². The fourth-order valence-electron chi connectivity index (χ4n) is 3.04. The Morgan fingerprint density at radius 1 is 1.10 bits per heavy atom. The van der Waals surface area contributed by atoms with Crippen molar-refractivity contribution in [2.75, 3.05) is 17.9 Å². The minimum absolute atomic E-state index is 0.252. The lowest BCUT2D eigenvalue weighted by Crippen LogP contribution is -2.29. The molecule has 160 valence electrons. The van der Waals surface area contributed by atoms with E-state index in [2.05, 4.69) is 20.8 Å². The number of Topliss-reactive ketones (excluding diaryl/α,β-unsaturated/α-hetero) is 1. The Morgan fingerprint density at radius 3 is 2.52 bits per heavy atom. The molecule has 0 saturated heterocycles. The lowest BCUT2D eigenvalue weighted by molar-refractivity contribution is -0.114. The first kappa shape index (κ1) is 22.0. The highest BCUT2D eigenvalue weighted by Crippen LogP contribution is 2.28. The number of hydrogen-bond acceptors (Lipinski definition) is 6. The van der Waals surface area contributed by atoms with Crippen LogP contribution in [0.3, 0.4) is 0 Å². The van der Waals surface area contributed by atoms with Crippen LogP contribution >= 0.6 is 11.6 Å². The zero-order chi connectivity index (χ0) is 22.7. The highest BCUT2D eigenvalue weighted by atomic mass is 35.5. The molecule has 1 amide bonds. The van der Waals surface area contributed by atoms with Crippen molar-refractivity contribution in [3.63, 3.8) is 0 Å². The second-order valence-corrected chi connectivity index (χ2v) is 7.39. The molecular formula is C22H21ClN4O4. The number of benzene rings is 2. The summed E-state index contributed by atoms with van der Waals surface area (Å²) in [5.74, 6) is -0.797. The Bertz CT molecular complexity index is 1280. The van der Waals surface area contributed by atoms with E-state index in [4.69, 9.17) is 16.3 Å². The summed E-state index contributed by atoms with van der Waals surface area (Å²) in [6.45, 7) is 4.90. The number of H-pyrrole nitrogens is 1. The van der Waals surface area contributed by atoms with E-state index >= 15 is 0 Å². The molecule has 1 heterocycles. The van der Waals surface area contributed by atoms with Crippen molar-refractivity contribution in [3.05, 3.63) is 62.9 Å². The Balaban J connectivity index is 1.92. The quantitative estimate of drug-likeness (QED) is 0.306. The van der Waals surface area contributed by atoms with Crippen molar-refractivity contribution in [2.24, 2.45) is 5.10 Å². The van der Waals surface area contributed by atoms with Crippen molar-refractivity contribution in [2.45, 2.75) is 20.8 Å². The number of nitrogens with zero attached hydrogens (tertiary/aromatic N) is 1. The van der Waals surface area contributed by atoms with E-state index < -0.39 is 11.7 Å². The summed E-state index contributed by atoms with van der Waals surface area (Å²) in [5.41, 5.74) is 5.02. The number of anilines is 2. The SMILES string of the molecule is COc1ccc(C)cc1NC(=O)/C(=N/Nc1cc2[nH]c(=O)cc(C)c2cc1Cl)C(C)=O. The molecule has 8 nitrogen and oxygen atoms in total. The van der Waals surface area contributed by atoms with E-state index in [1.165, 1.54) is 20.1 Å². The highest BCUT2D eigenvalue weighted by molar-refractivity contribution is 6.67. The van der Waals surface area contributed by atoms with E-state index in [0.29, 0.717) is 27.7 Å². The molecule has 0 unspecified atom stereocenters. The summed E-state index contributed by atoms with van der Waals surface area (Å²) < 4.78 is 5.25. The van der Waals surface area contributed by atoms with Crippen LogP contribution in [-0.2, 0) is 9.59 Å². The van der Waals surface area contributed by atoms with Crippen LogP contribution in [0.4, 0.5) is 11.4 Å². The number of ether oxygens (including phenoxy) is 1. The van der Waals surface area contributed by atoms with Crippen molar-refractivity contribution in [3.8, 4) is 5.75 Å². The number of ketones is 1. The first-order valence-corrected chi connectivity index (χ1v) is 9.71. The molecule has 9 heteroatoms. The first-order valence-electron chi connectivity index (χ1n) is 9.33. The van der Waals surface area contributed by atoms with E-state index in [1.54, 1.807) is 31.2 Å². The van der Waals surface area contributed by atoms with Gasteiger partial charge in [0.2, 0.25) is 5.56 Å². The Hall–Kier alpha value is -3.65. The van der Waals surface area contributed by atoms with Gasteiger partial charge in [0, 0.05) is 18.4 Å². The number of pyridine rings is 1. The predicted molar refractivity (Wildman–Crippen MR) is 122 cm³/mol. The molecule has 0 aliphatic carbocycles. The summed E-state index contributed by atoms with van der Waals surface area (Å²) in [6.07, 6.45) is 0. The third-order valence-electron chi connectivity index (χ3n) is 4.58. The number of fused-ring (bicyclic) bond motifs is 1. The molecule has 0 aliphatic heterocycles. The number of rotatable bonds is 6. The topological polar surface area (TPSA) is 113 Å². The van der Waals surface area contributed by atoms with Crippen LogP contribution in [0.2, 0.25) is 5.02 Å². The number of halogens is 1. The lowest BCUT2D eigenvalue weighted by atomic mass is 10.1. The van der Waals surface area contributed by atoms with Crippen LogP contribution in [0.15, 0.2) is 46.3 Å². The normalized spacial score (nSPS) is 11.3. The number of carbonyl (C=O) groups excluding carboxylic acids is 2. The fourth-order valence-corrected chi connectivity index (χ4v) is 3.24. The van der Waals surface area contributed by atoms with Gasteiger partial charge in [0.25, 0.3) is 5.91 Å². The summed E-state index contributed by atoms with van der Waals surface area (Å²) in [6, 6.07) is 10.0. The van der Waals surface area contributed by atoms with Crippen LogP contribution in [-0.4, -0.2) is 29.5 Å². The van der Waals surface area contributed by atoms with E-state index in [1.807, 2.05) is 13.0 Å². The highest BCUT2D eigenvalue weighted by Gasteiger charge is 2.19. The molecule has 31 heavy (non-hydrogen) atoms. The smallest absolute Gasteiger partial charge is 0.279 e. The zero-order valence-electron chi connectivity index (χ0n) is 17.4. The second kappa shape index (κ2) is 9.01. The fraction of sp³-hybridized carbons (Fsp3) is 0.182. The molecule has 0 saturated carbocycles. The molecule has 2 aromatic carbocycles. The second-order valence-electron chi connectivity index (χ2n) is 6.98. The third-order valence-corrected chi connectivity index (χ3v) is 4.89. The summed E-state index contributed by atoms with van der Waals surface area (Å²) in [7, 11) is 1.48. The van der Waals surface area contributed by atoms with Crippen molar-refractivity contribution in [1.82, 2.24) is 4.98 Å². The molecule has 0 aliphatic rings. The largest absolute Gasteiger partial charge is 0.495 e. The van der Waals surface area contributed by atoms with Gasteiger partial charge in [-0.15, -0.1) is 0 Å². The van der Waals surface area contributed by atoms with Gasteiger partial charge in [-0.1, -0.05) is 17.7 Å². The lowest BCUT2D eigenvalue weighted by Gasteiger charge is -2.12. The molecule has 3 N–H and O–H groups in total. The summed E-state index contributed by atoms with van der Waals surface area (Å²) >= 11 is 6.32. The number of carbonyl (C=O) groups is 2. The van der Waals surface area contributed by atoms with Crippen molar-refractivity contribution in [1.29, 1.82) is 0 Å². The maximum absolute atomic E-state index is 12.7. The van der Waals surface area contributed by atoms with Gasteiger partial charge in [-0.05, 0) is 49.2 Å². The molecule has 3 rings (SSSR count). The molecule has 0 spiro atoms. The number of aromatic amines is 1. The van der Waals surface area contributed by atoms with Crippen LogP contribution < -0.4 is 21.0 Å². The van der Waals surface area contributed by atoms with Gasteiger partial charge in [-0.2, -0.15) is 5.10 Å². The van der Waals surface area contributed by atoms with Gasteiger partial charge in [-0.3, -0.25) is 19.8 Å². The third kappa shape index (κ3) is 4.92. The van der Waals surface area contributed by atoms with Crippen LogP contribution in [0, 0.1) is 13.8 Å². The average molecular weight is 441 g/mol. The number of hydrogen-bond donors (Lipinski definition) is 3. The van der Waals surface area contributed by atoms with Crippen LogP contribution in [0.5, 0.6) is 5.75 Å². The maximum atomic E-state index is 12.7. The maximum Gasteiger partial charge on any atom is 0.279 e. The molecule has 0 atom stereocenters. The van der Waals surface area contributed by atoms with Gasteiger partial charge in [0.05, 0.1) is 29.0 Å². The molecule has 1 aromatic heterocycles. The average Bonchev–Trinajstić information content (AvgIpc) is 2.69. The monoisotopic (exact) mass is 440 g/mol. The summed E-state index contributed by atoms with van der Waals surface area (Å²) in [4.78, 5) is 39.2. The molecule has 0 bridgehead atoms. The minimum atomic E-state index is -0.704. The number of aryl methyl sites for hydroxylation is 2. The number of hydrazone groups is 1. The predicted octanol–water partition coefficient (Wildman–Crippen LogP) is 3.80. The molecule has 0 fully saturated rings. The van der Waals surface area contributed by atoms with Gasteiger partial charge in [0.1, 0.15) is 5.75 Å². The Labute approximate surface area is 183 Å². The van der Waals surface area contributed by atoms with Gasteiger partial charge in [0.15, 0.2) is 11.5 Å². The minimum Gasteiger partial charge on any atom is -0.495 e. The Morgan fingerprint density at radius 2 is 1.84 bits per heavy atom. The van der Waals surface area contributed by atoms with E-state index in [0.717, 1.165) is 16.5 Å².